The number of aromatic hydroxyl groups is 1. The Morgan fingerprint density at radius 3 is 2.83 bits per heavy atom. The van der Waals surface area contributed by atoms with Gasteiger partial charge in [0, 0.05) is 10.0 Å². The Bertz CT molecular complexity index is 584. The lowest BCUT2D eigenvalue weighted by molar-refractivity contribution is -0.113. The number of hydrogen-bond acceptors (Lipinski definition) is 5. The summed E-state index contributed by atoms with van der Waals surface area (Å²) in [4.78, 5) is 15.4. The number of phenolic OH excluding ortho intramolecular Hbond substituents is 1. The number of nitrogens with zero attached hydrogens (tertiary/aromatic N) is 1. The van der Waals surface area contributed by atoms with Crippen molar-refractivity contribution in [1.29, 1.82) is 0 Å². The van der Waals surface area contributed by atoms with Crippen molar-refractivity contribution in [1.82, 2.24) is 0 Å². The van der Waals surface area contributed by atoms with Crippen LogP contribution in [0.25, 0.3) is 6.08 Å². The van der Waals surface area contributed by atoms with Crippen molar-refractivity contribution in [2.75, 3.05) is 7.11 Å². The summed E-state index contributed by atoms with van der Waals surface area (Å²) in [6, 6.07) is 3.30. The molecule has 94 valence electrons. The second kappa shape index (κ2) is 5.03. The predicted molar refractivity (Wildman–Crippen MR) is 74.6 cm³/mol. The lowest BCUT2D eigenvalue weighted by Gasteiger charge is -2.07. The van der Waals surface area contributed by atoms with Crippen molar-refractivity contribution in [2.24, 2.45) is 10.7 Å². The molecule has 0 unspecified atom stereocenters. The summed E-state index contributed by atoms with van der Waals surface area (Å²) in [6.07, 6.45) is 1.53. The molecular weight excluding hydrogens is 320 g/mol. The Balaban J connectivity index is 2.44. The van der Waals surface area contributed by atoms with Gasteiger partial charge in [-0.1, -0.05) is 15.9 Å². The Morgan fingerprint density at radius 2 is 2.28 bits per heavy atom. The quantitative estimate of drug-likeness (QED) is 0.812. The molecule has 1 heterocycles. The summed E-state index contributed by atoms with van der Waals surface area (Å²) in [5.41, 5.74) is 5.91. The Labute approximate surface area is 116 Å². The number of rotatable bonds is 2. The summed E-state index contributed by atoms with van der Waals surface area (Å²) in [5.74, 6) is -0.122. The van der Waals surface area contributed by atoms with Crippen LogP contribution in [0.1, 0.15) is 5.56 Å². The summed E-state index contributed by atoms with van der Waals surface area (Å²) in [6.45, 7) is 0. The largest absolute Gasteiger partial charge is 0.504 e. The van der Waals surface area contributed by atoms with Crippen molar-refractivity contribution in [3.63, 3.8) is 0 Å². The highest BCUT2D eigenvalue weighted by Crippen LogP contribution is 2.36. The van der Waals surface area contributed by atoms with Gasteiger partial charge in [-0.15, -0.1) is 0 Å². The van der Waals surface area contributed by atoms with E-state index in [0.717, 1.165) is 16.2 Å². The fourth-order valence-electron chi connectivity index (χ4n) is 1.43. The van der Waals surface area contributed by atoms with E-state index in [0.29, 0.717) is 16.2 Å². The lowest BCUT2D eigenvalue weighted by Crippen LogP contribution is -2.01. The van der Waals surface area contributed by atoms with E-state index in [-0.39, 0.29) is 10.9 Å². The van der Waals surface area contributed by atoms with Crippen LogP contribution >= 0.6 is 27.7 Å². The molecule has 3 N–H and O–H groups in total. The molecule has 0 aliphatic carbocycles. The van der Waals surface area contributed by atoms with Gasteiger partial charge >= 0.3 is 0 Å². The van der Waals surface area contributed by atoms with Gasteiger partial charge in [-0.2, -0.15) is 4.99 Å². The maximum absolute atomic E-state index is 11.5. The highest BCUT2D eigenvalue weighted by molar-refractivity contribution is 9.10. The van der Waals surface area contributed by atoms with Crippen LogP contribution in [0.5, 0.6) is 11.5 Å². The minimum absolute atomic E-state index is 0.0351. The zero-order valence-electron chi connectivity index (χ0n) is 9.31. The van der Waals surface area contributed by atoms with E-state index in [9.17, 15) is 9.90 Å². The van der Waals surface area contributed by atoms with Gasteiger partial charge in [0.25, 0.3) is 5.91 Å². The SMILES string of the molecule is COc1cc(Br)cc(C=C2SC(N)=NC2=O)c1O. The van der Waals surface area contributed by atoms with Gasteiger partial charge < -0.3 is 15.6 Å². The number of carbonyl (C=O) groups is 1. The Morgan fingerprint density at radius 1 is 1.56 bits per heavy atom. The van der Waals surface area contributed by atoms with Crippen LogP contribution in [0, 0.1) is 0 Å². The van der Waals surface area contributed by atoms with Gasteiger partial charge in [-0.3, -0.25) is 4.79 Å². The van der Waals surface area contributed by atoms with Crippen LogP contribution in [-0.2, 0) is 4.79 Å². The molecule has 1 aromatic rings. The molecule has 18 heavy (non-hydrogen) atoms. The van der Waals surface area contributed by atoms with E-state index in [1.807, 2.05) is 0 Å². The van der Waals surface area contributed by atoms with Gasteiger partial charge in [0.2, 0.25) is 0 Å². The molecular formula is C11H9BrN2O3S. The van der Waals surface area contributed by atoms with Gasteiger partial charge in [-0.05, 0) is 30.0 Å². The molecule has 0 atom stereocenters. The van der Waals surface area contributed by atoms with Crippen molar-refractivity contribution in [2.45, 2.75) is 0 Å². The third-order valence-electron chi connectivity index (χ3n) is 2.21. The zero-order valence-corrected chi connectivity index (χ0v) is 11.7. The number of thioether (sulfide) groups is 1. The topological polar surface area (TPSA) is 84.9 Å². The molecule has 0 saturated heterocycles. The number of phenols is 1. The molecule has 7 heteroatoms. The summed E-state index contributed by atoms with van der Waals surface area (Å²) in [7, 11) is 1.45. The standard InChI is InChI=1S/C11H9BrN2O3S/c1-17-7-4-6(12)2-5(9(7)15)3-8-10(16)14-11(13)18-8/h2-4,15H,1H3,(H2,13,14,16). The van der Waals surface area contributed by atoms with Gasteiger partial charge in [0.15, 0.2) is 16.7 Å². The van der Waals surface area contributed by atoms with Crippen LogP contribution in [0.3, 0.4) is 0 Å². The number of amidine groups is 1. The first-order valence-corrected chi connectivity index (χ1v) is 6.46. The first-order valence-electron chi connectivity index (χ1n) is 4.86. The van der Waals surface area contributed by atoms with Crippen LogP contribution in [0.15, 0.2) is 26.5 Å². The summed E-state index contributed by atoms with van der Waals surface area (Å²) < 4.78 is 5.75. The number of aliphatic imine (C=N–C) groups is 1. The minimum Gasteiger partial charge on any atom is -0.504 e. The Hall–Kier alpha value is -1.47. The number of carbonyl (C=O) groups excluding carboxylic acids is 1. The van der Waals surface area contributed by atoms with Crippen molar-refractivity contribution in [3.8, 4) is 11.5 Å². The third-order valence-corrected chi connectivity index (χ3v) is 3.48. The lowest BCUT2D eigenvalue weighted by atomic mass is 10.1. The van der Waals surface area contributed by atoms with Crippen LogP contribution in [0.2, 0.25) is 0 Å². The molecule has 0 saturated carbocycles. The van der Waals surface area contributed by atoms with E-state index in [2.05, 4.69) is 20.9 Å². The van der Waals surface area contributed by atoms with E-state index in [4.69, 9.17) is 10.5 Å². The molecule has 5 nitrogen and oxygen atoms in total. The average Bonchev–Trinajstić information content (AvgIpc) is 2.62. The first-order chi connectivity index (χ1) is 8.51. The molecule has 0 radical (unpaired) electrons. The van der Waals surface area contributed by atoms with Gasteiger partial charge in [-0.25, -0.2) is 0 Å². The normalized spacial score (nSPS) is 17.1. The van der Waals surface area contributed by atoms with E-state index >= 15 is 0 Å². The van der Waals surface area contributed by atoms with Crippen molar-refractivity contribution < 1.29 is 14.6 Å². The molecule has 1 aliphatic heterocycles. The highest BCUT2D eigenvalue weighted by Gasteiger charge is 2.20. The van der Waals surface area contributed by atoms with Gasteiger partial charge in [0.05, 0.1) is 12.0 Å². The minimum atomic E-state index is -0.407. The summed E-state index contributed by atoms with van der Waals surface area (Å²) >= 11 is 4.37. The van der Waals surface area contributed by atoms with Gasteiger partial charge in [0.1, 0.15) is 0 Å². The number of amides is 1. The first kappa shape index (κ1) is 13.0. The number of benzene rings is 1. The van der Waals surface area contributed by atoms with Crippen LogP contribution < -0.4 is 10.5 Å². The number of methoxy groups -OCH3 is 1. The van der Waals surface area contributed by atoms with E-state index < -0.39 is 5.91 Å². The van der Waals surface area contributed by atoms with E-state index in [1.54, 1.807) is 12.1 Å². The molecule has 0 bridgehead atoms. The highest BCUT2D eigenvalue weighted by atomic mass is 79.9. The molecule has 0 spiro atoms. The fraction of sp³-hybridized carbons (Fsp3) is 0.0909. The molecule has 1 amide bonds. The smallest absolute Gasteiger partial charge is 0.286 e. The maximum Gasteiger partial charge on any atom is 0.286 e. The summed E-state index contributed by atoms with van der Waals surface area (Å²) in [5, 5.41) is 10.1. The van der Waals surface area contributed by atoms with Crippen molar-refractivity contribution in [3.05, 3.63) is 27.1 Å². The second-order valence-corrected chi connectivity index (χ2v) is 5.39. The second-order valence-electron chi connectivity index (χ2n) is 3.41. The predicted octanol–water partition coefficient (Wildman–Crippen LogP) is 2.09. The monoisotopic (exact) mass is 328 g/mol. The number of ether oxygens (including phenoxy) is 1. The van der Waals surface area contributed by atoms with Crippen LogP contribution in [-0.4, -0.2) is 23.3 Å². The molecule has 1 aromatic carbocycles. The molecule has 0 aromatic heterocycles. The third kappa shape index (κ3) is 2.51. The Kier molecular flexibility index (Phi) is 3.63. The number of hydrogen-bond donors (Lipinski definition) is 2. The van der Waals surface area contributed by atoms with E-state index in [1.165, 1.54) is 13.2 Å². The number of nitrogens with two attached hydrogens (primary N) is 1. The number of halogens is 1. The molecule has 2 rings (SSSR count). The van der Waals surface area contributed by atoms with Crippen molar-refractivity contribution >= 4 is 44.8 Å². The fourth-order valence-corrected chi connectivity index (χ4v) is 2.55. The maximum atomic E-state index is 11.5. The molecule has 0 fully saturated rings. The van der Waals surface area contributed by atoms with Crippen LogP contribution in [0.4, 0.5) is 0 Å². The average molecular weight is 329 g/mol. The zero-order chi connectivity index (χ0) is 13.3. The molecule has 1 aliphatic rings.